The fourth-order valence-electron chi connectivity index (χ4n) is 3.82. The zero-order valence-corrected chi connectivity index (χ0v) is 15.5. The Morgan fingerprint density at radius 1 is 1.08 bits per heavy atom. The van der Waals surface area contributed by atoms with Gasteiger partial charge in [-0.15, -0.1) is 0 Å². The lowest BCUT2D eigenvalue weighted by Gasteiger charge is -2.29. The Hall–Kier alpha value is -2.46. The van der Waals surface area contributed by atoms with Crippen LogP contribution in [-0.2, 0) is 4.79 Å². The van der Waals surface area contributed by atoms with Gasteiger partial charge < -0.3 is 5.32 Å². The Kier molecular flexibility index (Phi) is 3.73. The van der Waals surface area contributed by atoms with Gasteiger partial charge in [0, 0.05) is 38.4 Å². The minimum Gasteiger partial charge on any atom is -0.358 e. The van der Waals surface area contributed by atoms with E-state index in [0.29, 0.717) is 16.7 Å². The molecule has 4 rings (SSSR count). The summed E-state index contributed by atoms with van der Waals surface area (Å²) in [6.07, 6.45) is 0. The zero-order valence-electron chi connectivity index (χ0n) is 13.9. The van der Waals surface area contributed by atoms with E-state index in [9.17, 15) is 9.59 Å². The fraction of sp³-hybridized carbons (Fsp3) is 0.143. The van der Waals surface area contributed by atoms with Gasteiger partial charge in [-0.3, -0.25) is 9.59 Å². The monoisotopic (exact) mass is 393 g/mol. The fourth-order valence-corrected chi connectivity index (χ4v) is 4.23. The standard InChI is InChI=1S/C21H16BrNO2/c1-11-17(12(2)24)18(13-6-5-7-14(22)10-13)19-20(23-11)15-8-3-4-9-16(15)21(19)25/h3-10,18,23H,1-2H3/t18-/m0/s1. The molecule has 1 atom stereocenters. The van der Waals surface area contributed by atoms with E-state index in [4.69, 9.17) is 0 Å². The molecule has 2 aromatic carbocycles. The van der Waals surface area contributed by atoms with Crippen molar-refractivity contribution in [2.45, 2.75) is 19.8 Å². The molecule has 4 heteroatoms. The van der Waals surface area contributed by atoms with E-state index in [2.05, 4.69) is 21.2 Å². The predicted octanol–water partition coefficient (Wildman–Crippen LogP) is 4.61. The van der Waals surface area contributed by atoms with Crippen LogP contribution in [0.1, 0.15) is 41.3 Å². The molecule has 0 radical (unpaired) electrons. The number of benzene rings is 2. The summed E-state index contributed by atoms with van der Waals surface area (Å²) in [5, 5.41) is 3.32. The Labute approximate surface area is 154 Å². The molecule has 0 saturated carbocycles. The second kappa shape index (κ2) is 5.81. The first-order valence-electron chi connectivity index (χ1n) is 8.11. The smallest absolute Gasteiger partial charge is 0.192 e. The molecule has 0 amide bonds. The molecule has 1 heterocycles. The first kappa shape index (κ1) is 16.0. The molecule has 1 N–H and O–H groups in total. The highest BCUT2D eigenvalue weighted by molar-refractivity contribution is 9.10. The first-order chi connectivity index (χ1) is 12.0. The van der Waals surface area contributed by atoms with E-state index in [0.717, 1.165) is 27.0 Å². The Morgan fingerprint density at radius 2 is 1.80 bits per heavy atom. The highest BCUT2D eigenvalue weighted by atomic mass is 79.9. The molecule has 0 bridgehead atoms. The third-order valence-electron chi connectivity index (χ3n) is 4.81. The van der Waals surface area contributed by atoms with E-state index >= 15 is 0 Å². The first-order valence-corrected chi connectivity index (χ1v) is 8.90. The predicted molar refractivity (Wildman–Crippen MR) is 101 cm³/mol. The van der Waals surface area contributed by atoms with Gasteiger partial charge in [-0.2, -0.15) is 0 Å². The van der Waals surface area contributed by atoms with Gasteiger partial charge >= 0.3 is 0 Å². The van der Waals surface area contributed by atoms with Crippen LogP contribution in [-0.4, -0.2) is 11.6 Å². The molecule has 0 aromatic heterocycles. The molecule has 1 aliphatic heterocycles. The van der Waals surface area contributed by atoms with Crippen molar-refractivity contribution in [2.75, 3.05) is 0 Å². The highest BCUT2D eigenvalue weighted by Gasteiger charge is 2.41. The molecule has 3 nitrogen and oxygen atoms in total. The summed E-state index contributed by atoms with van der Waals surface area (Å²) in [4.78, 5) is 25.5. The highest BCUT2D eigenvalue weighted by Crippen LogP contribution is 2.46. The number of fused-ring (bicyclic) bond motifs is 2. The molecule has 1 aliphatic carbocycles. The lowest BCUT2D eigenvalue weighted by molar-refractivity contribution is -0.113. The zero-order chi connectivity index (χ0) is 17.7. The Bertz CT molecular complexity index is 1000. The van der Waals surface area contributed by atoms with Crippen LogP contribution in [0, 0.1) is 0 Å². The van der Waals surface area contributed by atoms with Gasteiger partial charge in [0.1, 0.15) is 0 Å². The summed E-state index contributed by atoms with van der Waals surface area (Å²) in [5.41, 5.74) is 5.48. The molecular formula is C21H16BrNO2. The van der Waals surface area contributed by atoms with Gasteiger partial charge in [-0.1, -0.05) is 52.3 Å². The number of hydrogen-bond acceptors (Lipinski definition) is 3. The van der Waals surface area contributed by atoms with E-state index < -0.39 is 0 Å². The van der Waals surface area contributed by atoms with Crippen LogP contribution in [0.25, 0.3) is 5.70 Å². The van der Waals surface area contributed by atoms with E-state index in [-0.39, 0.29) is 17.5 Å². The normalized spacial score (nSPS) is 18.8. The van der Waals surface area contributed by atoms with Crippen LogP contribution in [0.5, 0.6) is 0 Å². The number of ketones is 2. The van der Waals surface area contributed by atoms with Gasteiger partial charge in [0.15, 0.2) is 11.6 Å². The summed E-state index contributed by atoms with van der Waals surface area (Å²) in [6.45, 7) is 3.46. The van der Waals surface area contributed by atoms with E-state index in [1.807, 2.05) is 55.5 Å². The van der Waals surface area contributed by atoms with Crippen molar-refractivity contribution >= 4 is 33.2 Å². The minimum absolute atomic E-state index is 0.00525. The molecule has 124 valence electrons. The van der Waals surface area contributed by atoms with Crippen LogP contribution >= 0.6 is 15.9 Å². The average Bonchev–Trinajstić information content (AvgIpc) is 2.86. The van der Waals surface area contributed by atoms with E-state index in [1.54, 1.807) is 6.92 Å². The molecule has 0 fully saturated rings. The number of Topliss-reactive ketones (excluding diaryl/α,β-unsaturated/α-hetero) is 2. The second-order valence-electron chi connectivity index (χ2n) is 6.37. The van der Waals surface area contributed by atoms with Crippen molar-refractivity contribution in [3.05, 3.63) is 86.5 Å². The number of hydrogen-bond donors (Lipinski definition) is 1. The summed E-state index contributed by atoms with van der Waals surface area (Å²) in [5.74, 6) is -0.384. The number of dihydropyridines is 1. The lowest BCUT2D eigenvalue weighted by Crippen LogP contribution is -2.27. The van der Waals surface area contributed by atoms with Crippen molar-refractivity contribution in [3.8, 4) is 0 Å². The summed E-state index contributed by atoms with van der Waals surface area (Å²) >= 11 is 3.50. The molecule has 0 saturated heterocycles. The quantitative estimate of drug-likeness (QED) is 0.810. The molecule has 2 aromatic rings. The van der Waals surface area contributed by atoms with Crippen LogP contribution in [0.3, 0.4) is 0 Å². The number of allylic oxidation sites excluding steroid dienone is 3. The van der Waals surface area contributed by atoms with E-state index in [1.165, 1.54) is 0 Å². The molecular weight excluding hydrogens is 378 g/mol. The molecule has 2 aliphatic rings. The molecule has 0 unspecified atom stereocenters. The summed E-state index contributed by atoms with van der Waals surface area (Å²) in [7, 11) is 0. The van der Waals surface area contributed by atoms with Gasteiger partial charge in [-0.05, 0) is 31.5 Å². The van der Waals surface area contributed by atoms with Crippen LogP contribution in [0.15, 0.2) is 69.8 Å². The third-order valence-corrected chi connectivity index (χ3v) is 5.30. The average molecular weight is 394 g/mol. The minimum atomic E-state index is -0.355. The Balaban J connectivity index is 1.98. The molecule has 25 heavy (non-hydrogen) atoms. The van der Waals surface area contributed by atoms with Crippen LogP contribution < -0.4 is 5.32 Å². The van der Waals surface area contributed by atoms with Crippen molar-refractivity contribution in [2.24, 2.45) is 0 Å². The van der Waals surface area contributed by atoms with Gasteiger partial charge in [0.05, 0.1) is 5.70 Å². The van der Waals surface area contributed by atoms with Gasteiger partial charge in [0.25, 0.3) is 0 Å². The van der Waals surface area contributed by atoms with Crippen molar-refractivity contribution in [1.29, 1.82) is 0 Å². The number of rotatable bonds is 2. The number of carbonyl (C=O) groups is 2. The Morgan fingerprint density at radius 3 is 2.48 bits per heavy atom. The maximum Gasteiger partial charge on any atom is 0.192 e. The van der Waals surface area contributed by atoms with Crippen molar-refractivity contribution < 1.29 is 9.59 Å². The number of carbonyl (C=O) groups excluding carboxylic acids is 2. The SMILES string of the molecule is CC(=O)C1=C(C)NC2=C(C(=O)c3ccccc32)[C@H]1c1cccc(Br)c1. The number of nitrogens with one attached hydrogen (secondary N) is 1. The van der Waals surface area contributed by atoms with Gasteiger partial charge in [0.2, 0.25) is 0 Å². The largest absolute Gasteiger partial charge is 0.358 e. The van der Waals surface area contributed by atoms with Crippen molar-refractivity contribution in [1.82, 2.24) is 5.32 Å². The van der Waals surface area contributed by atoms with Crippen LogP contribution in [0.2, 0.25) is 0 Å². The summed E-state index contributed by atoms with van der Waals surface area (Å²) < 4.78 is 0.925. The van der Waals surface area contributed by atoms with Gasteiger partial charge in [-0.25, -0.2) is 0 Å². The summed E-state index contributed by atoms with van der Waals surface area (Å²) in [6, 6.07) is 15.4. The van der Waals surface area contributed by atoms with Crippen molar-refractivity contribution in [3.63, 3.8) is 0 Å². The molecule has 0 spiro atoms. The maximum absolute atomic E-state index is 13.1. The number of halogens is 1. The lowest BCUT2D eigenvalue weighted by atomic mass is 9.78. The second-order valence-corrected chi connectivity index (χ2v) is 7.29. The third kappa shape index (κ3) is 2.40. The topological polar surface area (TPSA) is 46.2 Å². The van der Waals surface area contributed by atoms with Crippen LogP contribution in [0.4, 0.5) is 0 Å². The maximum atomic E-state index is 13.1.